The van der Waals surface area contributed by atoms with E-state index in [1.807, 2.05) is 31.4 Å². The monoisotopic (exact) mass is 530 g/mol. The minimum absolute atomic E-state index is 0.352. The van der Waals surface area contributed by atoms with Gasteiger partial charge in [-0.3, -0.25) is 14.9 Å². The number of imide groups is 1. The molecule has 4 heterocycles. The van der Waals surface area contributed by atoms with Crippen LogP contribution in [0.25, 0.3) is 17.2 Å². The molecule has 196 valence electrons. The summed E-state index contributed by atoms with van der Waals surface area (Å²) in [7, 11) is 3.86. The van der Waals surface area contributed by atoms with Crippen LogP contribution in [0.15, 0.2) is 53.8 Å². The van der Waals surface area contributed by atoms with Crippen molar-refractivity contribution in [2.45, 2.75) is 19.4 Å². The van der Waals surface area contributed by atoms with Gasteiger partial charge in [0.05, 0.1) is 10.6 Å². The van der Waals surface area contributed by atoms with E-state index in [4.69, 9.17) is 0 Å². The summed E-state index contributed by atoms with van der Waals surface area (Å²) in [5.41, 5.74) is 3.96. The van der Waals surface area contributed by atoms with Crippen LogP contribution in [0.2, 0.25) is 0 Å². The van der Waals surface area contributed by atoms with Crippen molar-refractivity contribution in [3.05, 3.63) is 65.1 Å². The number of nitrogens with one attached hydrogen (secondary N) is 2. The Morgan fingerprint density at radius 2 is 1.89 bits per heavy atom. The van der Waals surface area contributed by atoms with Crippen LogP contribution < -0.4 is 20.4 Å². The number of aromatic nitrogens is 4. The fourth-order valence-electron chi connectivity index (χ4n) is 4.47. The Kier molecular flexibility index (Phi) is 7.94. The van der Waals surface area contributed by atoms with Crippen molar-refractivity contribution >= 4 is 40.9 Å². The number of nitrogens with zero attached hydrogens (tertiary/aromatic N) is 6. The summed E-state index contributed by atoms with van der Waals surface area (Å²) < 4.78 is 0. The zero-order valence-electron chi connectivity index (χ0n) is 21.4. The van der Waals surface area contributed by atoms with Crippen molar-refractivity contribution in [2.75, 3.05) is 43.5 Å². The van der Waals surface area contributed by atoms with Gasteiger partial charge >= 0.3 is 0 Å². The first-order valence-electron chi connectivity index (χ1n) is 12.6. The van der Waals surface area contributed by atoms with Crippen LogP contribution in [-0.2, 0) is 11.3 Å². The van der Waals surface area contributed by atoms with E-state index < -0.39 is 0 Å². The highest BCUT2D eigenvalue weighted by Crippen LogP contribution is 2.26. The maximum Gasteiger partial charge on any atom is 0.290 e. The van der Waals surface area contributed by atoms with Gasteiger partial charge in [0, 0.05) is 57.9 Å². The van der Waals surface area contributed by atoms with Crippen molar-refractivity contribution in [1.82, 2.24) is 30.6 Å². The predicted octanol–water partition coefficient (Wildman–Crippen LogP) is 3.33. The van der Waals surface area contributed by atoms with E-state index in [9.17, 15) is 9.59 Å². The van der Waals surface area contributed by atoms with Crippen LogP contribution in [0, 0.1) is 5.92 Å². The van der Waals surface area contributed by atoms with E-state index >= 15 is 0 Å². The Labute approximate surface area is 226 Å². The molecule has 0 bridgehead atoms. The molecule has 0 spiro atoms. The predicted molar refractivity (Wildman–Crippen MR) is 150 cm³/mol. The van der Waals surface area contributed by atoms with Crippen LogP contribution in [0.1, 0.15) is 24.1 Å². The number of benzene rings is 1. The van der Waals surface area contributed by atoms with Crippen molar-refractivity contribution in [1.29, 1.82) is 0 Å². The average molecular weight is 531 g/mol. The molecule has 0 atom stereocenters. The molecule has 1 aromatic carbocycles. The molecule has 2 N–H and O–H groups in total. The van der Waals surface area contributed by atoms with Gasteiger partial charge in [-0.05, 0) is 66.4 Å². The lowest BCUT2D eigenvalue weighted by Gasteiger charge is -2.32. The minimum atomic E-state index is -0.382. The SMILES string of the molecule is CN(C)c1ncc(-c2cccc(CNCC3CCN(c4nccc(/C=C5/SC(=O)NC5=O)n4)CC3)c2)cn1. The number of carbonyl (C=O) groups excluding carboxylic acids is 2. The van der Waals surface area contributed by atoms with Gasteiger partial charge in [0.1, 0.15) is 0 Å². The number of piperidine rings is 1. The summed E-state index contributed by atoms with van der Waals surface area (Å²) in [6, 6.07) is 10.2. The molecule has 2 fully saturated rings. The first-order valence-corrected chi connectivity index (χ1v) is 13.4. The molecule has 11 heteroatoms. The molecule has 2 aromatic heterocycles. The Balaban J connectivity index is 1.10. The fourth-order valence-corrected chi connectivity index (χ4v) is 5.14. The normalized spacial score (nSPS) is 17.2. The molecule has 2 aliphatic heterocycles. The van der Waals surface area contributed by atoms with Gasteiger partial charge in [-0.1, -0.05) is 18.2 Å². The Morgan fingerprint density at radius 1 is 1.11 bits per heavy atom. The summed E-state index contributed by atoms with van der Waals surface area (Å²) in [4.78, 5) is 45.5. The second-order valence-corrected chi connectivity index (χ2v) is 10.6. The number of anilines is 2. The third kappa shape index (κ3) is 6.35. The minimum Gasteiger partial charge on any atom is -0.347 e. The summed E-state index contributed by atoms with van der Waals surface area (Å²) in [6.07, 6.45) is 9.15. The molecule has 0 radical (unpaired) electrons. The van der Waals surface area contributed by atoms with E-state index in [1.165, 1.54) is 5.56 Å². The van der Waals surface area contributed by atoms with Crippen LogP contribution in [0.3, 0.4) is 0 Å². The third-order valence-corrected chi connectivity index (χ3v) is 7.35. The second kappa shape index (κ2) is 11.7. The zero-order chi connectivity index (χ0) is 26.5. The third-order valence-electron chi connectivity index (χ3n) is 6.54. The Hall–Kier alpha value is -3.83. The first-order chi connectivity index (χ1) is 18.4. The first kappa shape index (κ1) is 25.8. The molecule has 10 nitrogen and oxygen atoms in total. The van der Waals surface area contributed by atoms with Crippen molar-refractivity contribution in [2.24, 2.45) is 5.92 Å². The van der Waals surface area contributed by atoms with Crippen LogP contribution in [0.5, 0.6) is 0 Å². The Bertz CT molecular complexity index is 1340. The number of amides is 2. The van der Waals surface area contributed by atoms with Gasteiger partial charge < -0.3 is 15.1 Å². The summed E-state index contributed by atoms with van der Waals surface area (Å²) in [5, 5.41) is 5.53. The summed E-state index contributed by atoms with van der Waals surface area (Å²) >= 11 is 0.890. The second-order valence-electron chi connectivity index (χ2n) is 9.56. The standard InChI is InChI=1S/C27H30N8O2S/c1-34(2)25-30-16-21(17-31-25)20-5-3-4-19(12-20)15-28-14-18-7-10-35(11-8-18)26-29-9-6-22(32-26)13-23-24(36)33-27(37)38-23/h3-6,9,12-13,16-18,28H,7-8,10-11,14-15H2,1-2H3,(H,33,36,37)/b23-13+. The molecule has 2 aliphatic rings. The maximum atomic E-state index is 11.8. The molecular weight excluding hydrogens is 500 g/mol. The Morgan fingerprint density at radius 3 is 2.61 bits per heavy atom. The lowest BCUT2D eigenvalue weighted by Crippen LogP contribution is -2.38. The molecule has 38 heavy (non-hydrogen) atoms. The molecule has 2 amide bonds. The summed E-state index contributed by atoms with van der Waals surface area (Å²) in [5.74, 6) is 1.55. The molecule has 0 unspecified atom stereocenters. The molecule has 3 aromatic rings. The highest BCUT2D eigenvalue weighted by atomic mass is 32.2. The van der Waals surface area contributed by atoms with Gasteiger partial charge in [-0.25, -0.2) is 19.9 Å². The van der Waals surface area contributed by atoms with Gasteiger partial charge in [0.2, 0.25) is 11.9 Å². The van der Waals surface area contributed by atoms with Crippen molar-refractivity contribution < 1.29 is 9.59 Å². The maximum absolute atomic E-state index is 11.8. The zero-order valence-corrected chi connectivity index (χ0v) is 22.2. The quantitative estimate of drug-likeness (QED) is 0.420. The van der Waals surface area contributed by atoms with E-state index in [2.05, 4.69) is 59.7 Å². The molecule has 5 rings (SSSR count). The van der Waals surface area contributed by atoms with E-state index in [0.717, 1.165) is 61.9 Å². The molecule has 2 saturated heterocycles. The van der Waals surface area contributed by atoms with Gasteiger partial charge in [0.15, 0.2) is 0 Å². The molecular formula is C27H30N8O2S. The number of carbonyl (C=O) groups is 2. The number of hydrogen-bond acceptors (Lipinski definition) is 10. The summed E-state index contributed by atoms with van der Waals surface area (Å²) in [6.45, 7) is 3.50. The molecule has 0 saturated carbocycles. The van der Waals surface area contributed by atoms with Crippen molar-refractivity contribution in [3.63, 3.8) is 0 Å². The highest BCUT2D eigenvalue weighted by molar-refractivity contribution is 8.18. The van der Waals surface area contributed by atoms with E-state index in [0.29, 0.717) is 28.4 Å². The van der Waals surface area contributed by atoms with E-state index in [1.54, 1.807) is 18.3 Å². The molecule has 0 aliphatic carbocycles. The topological polar surface area (TPSA) is 116 Å². The van der Waals surface area contributed by atoms with Crippen molar-refractivity contribution in [3.8, 4) is 11.1 Å². The fraction of sp³-hybridized carbons (Fsp3) is 0.333. The van der Waals surface area contributed by atoms with Crippen LogP contribution >= 0.6 is 11.8 Å². The highest BCUT2D eigenvalue weighted by Gasteiger charge is 2.25. The number of thioether (sulfide) groups is 1. The average Bonchev–Trinajstić information content (AvgIpc) is 3.25. The number of hydrogen-bond donors (Lipinski definition) is 2. The number of rotatable bonds is 8. The van der Waals surface area contributed by atoms with E-state index in [-0.39, 0.29) is 11.1 Å². The smallest absolute Gasteiger partial charge is 0.290 e. The van der Waals surface area contributed by atoms with Gasteiger partial charge in [-0.15, -0.1) is 0 Å². The van der Waals surface area contributed by atoms with Crippen LogP contribution in [-0.4, -0.2) is 64.8 Å². The largest absolute Gasteiger partial charge is 0.347 e. The lowest BCUT2D eigenvalue weighted by atomic mass is 9.97. The van der Waals surface area contributed by atoms with Crippen LogP contribution in [0.4, 0.5) is 16.7 Å². The van der Waals surface area contributed by atoms with Gasteiger partial charge in [0.25, 0.3) is 11.1 Å². The van der Waals surface area contributed by atoms with Gasteiger partial charge in [-0.2, -0.15) is 0 Å². The lowest BCUT2D eigenvalue weighted by molar-refractivity contribution is -0.115.